The number of hydrogen-bond acceptors (Lipinski definition) is 5. The van der Waals surface area contributed by atoms with Crippen molar-refractivity contribution in [1.29, 1.82) is 0 Å². The lowest BCUT2D eigenvalue weighted by atomic mass is 10.0. The largest absolute Gasteiger partial charge is 0.353 e. The van der Waals surface area contributed by atoms with E-state index in [1.807, 2.05) is 13.8 Å². The molecule has 0 fully saturated rings. The third kappa shape index (κ3) is 4.82. The zero-order valence-electron chi connectivity index (χ0n) is 14.2. The minimum absolute atomic E-state index is 0.167. The molecule has 0 aliphatic heterocycles. The SMILES string of the molecule is CCN[C@H](C)CNC(=O)C(Cc1ccc(F)cc1)n1nnnc1C. The van der Waals surface area contributed by atoms with Crippen LogP contribution in [0.5, 0.6) is 0 Å². The van der Waals surface area contributed by atoms with Crippen molar-refractivity contribution in [3.63, 3.8) is 0 Å². The zero-order valence-corrected chi connectivity index (χ0v) is 14.2. The van der Waals surface area contributed by atoms with Crippen LogP contribution in [0.4, 0.5) is 4.39 Å². The van der Waals surface area contributed by atoms with E-state index in [2.05, 4.69) is 26.2 Å². The van der Waals surface area contributed by atoms with Gasteiger partial charge >= 0.3 is 0 Å². The molecule has 1 unspecified atom stereocenters. The Hall–Kier alpha value is -2.35. The van der Waals surface area contributed by atoms with Gasteiger partial charge in [-0.1, -0.05) is 19.1 Å². The van der Waals surface area contributed by atoms with Crippen molar-refractivity contribution in [2.24, 2.45) is 0 Å². The second kappa shape index (κ2) is 8.49. The van der Waals surface area contributed by atoms with Crippen molar-refractivity contribution in [2.75, 3.05) is 13.1 Å². The first-order chi connectivity index (χ1) is 11.5. The van der Waals surface area contributed by atoms with E-state index in [9.17, 15) is 9.18 Å². The Morgan fingerprint density at radius 2 is 2.04 bits per heavy atom. The van der Waals surface area contributed by atoms with Crippen molar-refractivity contribution in [3.05, 3.63) is 41.5 Å². The summed E-state index contributed by atoms with van der Waals surface area (Å²) in [6.45, 7) is 7.10. The molecule has 2 atom stereocenters. The average molecular weight is 334 g/mol. The van der Waals surface area contributed by atoms with E-state index in [0.29, 0.717) is 18.8 Å². The lowest BCUT2D eigenvalue weighted by Gasteiger charge is -2.19. The fourth-order valence-electron chi connectivity index (χ4n) is 2.45. The summed E-state index contributed by atoms with van der Waals surface area (Å²) in [5.41, 5.74) is 0.839. The maximum absolute atomic E-state index is 13.1. The number of nitrogens with one attached hydrogen (secondary N) is 2. The van der Waals surface area contributed by atoms with Crippen LogP contribution < -0.4 is 10.6 Å². The first-order valence-corrected chi connectivity index (χ1v) is 8.01. The fraction of sp³-hybridized carbons (Fsp3) is 0.500. The highest BCUT2D eigenvalue weighted by molar-refractivity contribution is 5.80. The molecule has 7 nitrogen and oxygen atoms in total. The average Bonchev–Trinajstić information content (AvgIpc) is 2.98. The molecule has 2 aromatic rings. The standard InChI is InChI=1S/C16H23FN6O/c1-4-18-11(2)10-19-16(24)15(23-12(3)20-21-22-23)9-13-5-7-14(17)8-6-13/h5-8,11,15,18H,4,9-10H2,1-3H3,(H,19,24)/t11-,15?/m1/s1. The van der Waals surface area contributed by atoms with Crippen LogP contribution in [0, 0.1) is 12.7 Å². The highest BCUT2D eigenvalue weighted by atomic mass is 19.1. The summed E-state index contributed by atoms with van der Waals surface area (Å²) in [7, 11) is 0. The number of nitrogens with zero attached hydrogens (tertiary/aromatic N) is 4. The molecule has 2 rings (SSSR count). The second-order valence-electron chi connectivity index (χ2n) is 5.72. The predicted octanol–water partition coefficient (Wildman–Crippen LogP) is 1.02. The number of aromatic nitrogens is 4. The number of likely N-dealkylation sites (N-methyl/N-ethyl adjacent to an activating group) is 1. The summed E-state index contributed by atoms with van der Waals surface area (Å²) in [6.07, 6.45) is 0.383. The lowest BCUT2D eigenvalue weighted by molar-refractivity contribution is -0.124. The Morgan fingerprint density at radius 1 is 1.33 bits per heavy atom. The molecule has 1 aromatic carbocycles. The van der Waals surface area contributed by atoms with E-state index in [1.165, 1.54) is 16.8 Å². The molecule has 1 aromatic heterocycles. The molecular formula is C16H23FN6O. The molecule has 0 bridgehead atoms. The van der Waals surface area contributed by atoms with Crippen LogP contribution in [-0.2, 0) is 11.2 Å². The molecule has 0 saturated carbocycles. The summed E-state index contributed by atoms with van der Waals surface area (Å²) in [4.78, 5) is 12.6. The van der Waals surface area contributed by atoms with Crippen molar-refractivity contribution in [2.45, 2.75) is 39.3 Å². The Labute approximate surface area is 140 Å². The van der Waals surface area contributed by atoms with Crippen molar-refractivity contribution < 1.29 is 9.18 Å². The van der Waals surface area contributed by atoms with Crippen LogP contribution in [0.3, 0.4) is 0 Å². The number of carbonyl (C=O) groups excluding carboxylic acids is 1. The predicted molar refractivity (Wildman–Crippen MR) is 87.8 cm³/mol. The molecule has 2 N–H and O–H groups in total. The Kier molecular flexibility index (Phi) is 6.36. The molecule has 0 spiro atoms. The van der Waals surface area contributed by atoms with E-state index >= 15 is 0 Å². The molecule has 1 amide bonds. The minimum atomic E-state index is -0.584. The number of hydrogen-bond donors (Lipinski definition) is 2. The molecule has 8 heteroatoms. The monoisotopic (exact) mass is 334 g/mol. The minimum Gasteiger partial charge on any atom is -0.353 e. The van der Waals surface area contributed by atoms with Crippen molar-refractivity contribution in [1.82, 2.24) is 30.8 Å². The van der Waals surface area contributed by atoms with Gasteiger partial charge in [0.1, 0.15) is 17.7 Å². The fourth-order valence-corrected chi connectivity index (χ4v) is 2.45. The van der Waals surface area contributed by atoms with Crippen molar-refractivity contribution >= 4 is 5.91 Å². The molecule has 0 aliphatic carbocycles. The number of amides is 1. The van der Waals surface area contributed by atoms with Gasteiger partial charge in [-0.15, -0.1) is 5.10 Å². The number of carbonyl (C=O) groups is 1. The van der Waals surface area contributed by atoms with Gasteiger partial charge in [0.15, 0.2) is 0 Å². The lowest BCUT2D eigenvalue weighted by Crippen LogP contribution is -2.42. The summed E-state index contributed by atoms with van der Waals surface area (Å²) < 4.78 is 14.6. The second-order valence-corrected chi connectivity index (χ2v) is 5.72. The summed E-state index contributed by atoms with van der Waals surface area (Å²) in [6, 6.07) is 5.67. The van der Waals surface area contributed by atoms with E-state index in [-0.39, 0.29) is 17.8 Å². The topological polar surface area (TPSA) is 84.7 Å². The van der Waals surface area contributed by atoms with Gasteiger partial charge in [-0.25, -0.2) is 9.07 Å². The van der Waals surface area contributed by atoms with Crippen LogP contribution in [0.2, 0.25) is 0 Å². The Morgan fingerprint density at radius 3 is 2.62 bits per heavy atom. The van der Waals surface area contributed by atoms with Gasteiger partial charge in [0, 0.05) is 19.0 Å². The van der Waals surface area contributed by atoms with Gasteiger partial charge < -0.3 is 10.6 Å². The number of tetrazole rings is 1. The maximum atomic E-state index is 13.1. The normalized spacial score (nSPS) is 13.5. The quantitative estimate of drug-likeness (QED) is 0.753. The number of benzene rings is 1. The highest BCUT2D eigenvalue weighted by Crippen LogP contribution is 2.15. The molecular weight excluding hydrogens is 311 g/mol. The zero-order chi connectivity index (χ0) is 17.5. The van der Waals surface area contributed by atoms with Gasteiger partial charge in [0.2, 0.25) is 5.91 Å². The van der Waals surface area contributed by atoms with Gasteiger partial charge in [0.05, 0.1) is 0 Å². The number of halogens is 1. The first kappa shape index (κ1) is 18.0. The van der Waals surface area contributed by atoms with Gasteiger partial charge in [-0.05, 0) is 48.5 Å². The highest BCUT2D eigenvalue weighted by Gasteiger charge is 2.24. The molecule has 1 heterocycles. The number of rotatable bonds is 8. The summed E-state index contributed by atoms with van der Waals surface area (Å²) in [5.74, 6) is 0.0780. The maximum Gasteiger partial charge on any atom is 0.245 e. The molecule has 130 valence electrons. The van der Waals surface area contributed by atoms with Crippen LogP contribution in [-0.4, -0.2) is 45.2 Å². The van der Waals surface area contributed by atoms with E-state index in [0.717, 1.165) is 12.1 Å². The smallest absolute Gasteiger partial charge is 0.245 e. The Balaban J connectivity index is 2.12. The summed E-state index contributed by atoms with van der Waals surface area (Å²) in [5, 5.41) is 17.5. The van der Waals surface area contributed by atoms with Gasteiger partial charge in [-0.3, -0.25) is 4.79 Å². The van der Waals surface area contributed by atoms with E-state index in [4.69, 9.17) is 0 Å². The Bertz CT molecular complexity index is 657. The van der Waals surface area contributed by atoms with Gasteiger partial charge in [0.25, 0.3) is 0 Å². The van der Waals surface area contributed by atoms with Crippen LogP contribution in [0.25, 0.3) is 0 Å². The molecule has 24 heavy (non-hydrogen) atoms. The molecule has 0 aliphatic rings. The van der Waals surface area contributed by atoms with E-state index < -0.39 is 6.04 Å². The van der Waals surface area contributed by atoms with Crippen LogP contribution in [0.15, 0.2) is 24.3 Å². The number of aryl methyl sites for hydroxylation is 1. The first-order valence-electron chi connectivity index (χ1n) is 8.01. The van der Waals surface area contributed by atoms with Crippen LogP contribution >= 0.6 is 0 Å². The van der Waals surface area contributed by atoms with E-state index in [1.54, 1.807) is 19.1 Å². The third-order valence-electron chi connectivity index (χ3n) is 3.73. The summed E-state index contributed by atoms with van der Waals surface area (Å²) >= 11 is 0. The van der Waals surface area contributed by atoms with Crippen molar-refractivity contribution in [3.8, 4) is 0 Å². The van der Waals surface area contributed by atoms with Gasteiger partial charge in [-0.2, -0.15) is 0 Å². The molecule has 0 saturated heterocycles. The third-order valence-corrected chi connectivity index (χ3v) is 3.73. The van der Waals surface area contributed by atoms with Crippen LogP contribution in [0.1, 0.15) is 31.3 Å². The molecule has 0 radical (unpaired) electrons.